The summed E-state index contributed by atoms with van der Waals surface area (Å²) in [6.45, 7) is 5.53. The van der Waals surface area contributed by atoms with Crippen molar-refractivity contribution in [2.45, 2.75) is 31.7 Å². The number of nitrogen functional groups attached to an aromatic ring is 1. The van der Waals surface area contributed by atoms with Crippen molar-refractivity contribution in [1.82, 2.24) is 14.7 Å². The van der Waals surface area contributed by atoms with Gasteiger partial charge in [0.2, 0.25) is 10.0 Å². The van der Waals surface area contributed by atoms with E-state index >= 15 is 0 Å². The highest BCUT2D eigenvalue weighted by Gasteiger charge is 2.23. The molecule has 0 aliphatic carbocycles. The number of nitrogens with zero attached hydrogens (tertiary/aromatic N) is 2. The lowest BCUT2D eigenvalue weighted by Crippen LogP contribution is -2.28. The summed E-state index contributed by atoms with van der Waals surface area (Å²) < 4.78 is 27.5. The van der Waals surface area contributed by atoms with Crippen molar-refractivity contribution in [2.24, 2.45) is 5.84 Å². The van der Waals surface area contributed by atoms with Crippen LogP contribution in [0.25, 0.3) is 0 Å². The van der Waals surface area contributed by atoms with Crippen LogP contribution in [0, 0.1) is 13.8 Å². The molecule has 0 aliphatic rings. The van der Waals surface area contributed by atoms with Gasteiger partial charge in [-0.1, -0.05) is 0 Å². The van der Waals surface area contributed by atoms with Crippen LogP contribution in [0.1, 0.15) is 28.5 Å². The summed E-state index contributed by atoms with van der Waals surface area (Å²) in [6, 6.07) is 1.12. The average molecular weight is 327 g/mol. The van der Waals surface area contributed by atoms with E-state index in [1.54, 1.807) is 6.92 Å². The summed E-state index contributed by atoms with van der Waals surface area (Å²) in [4.78, 5) is 9.05. The minimum atomic E-state index is -3.73. The molecular weight excluding hydrogens is 310 g/mol. The normalized spacial score (nSPS) is 13.1. The number of anilines is 1. The van der Waals surface area contributed by atoms with E-state index in [1.807, 2.05) is 13.8 Å². The van der Waals surface area contributed by atoms with Crippen LogP contribution < -0.4 is 16.0 Å². The number of hydrogen-bond donors (Lipinski definition) is 3. The first-order valence-corrected chi connectivity index (χ1v) is 8.52. The largest absolute Gasteiger partial charge is 0.323 e. The molecule has 4 N–H and O–H groups in total. The molecule has 0 amide bonds. The van der Waals surface area contributed by atoms with Gasteiger partial charge in [0.25, 0.3) is 0 Å². The quantitative estimate of drug-likeness (QED) is 0.567. The molecule has 0 fully saturated rings. The highest BCUT2D eigenvalue weighted by Crippen LogP contribution is 2.27. The summed E-state index contributed by atoms with van der Waals surface area (Å²) in [5, 5.41) is 0.902. The van der Waals surface area contributed by atoms with Gasteiger partial charge in [0.1, 0.15) is 4.90 Å². The van der Waals surface area contributed by atoms with Crippen molar-refractivity contribution < 1.29 is 8.42 Å². The van der Waals surface area contributed by atoms with Crippen molar-refractivity contribution in [1.29, 1.82) is 0 Å². The highest BCUT2D eigenvalue weighted by molar-refractivity contribution is 7.89. The van der Waals surface area contributed by atoms with Crippen molar-refractivity contribution >= 4 is 27.0 Å². The molecule has 0 spiro atoms. The first-order chi connectivity index (χ1) is 9.85. The summed E-state index contributed by atoms with van der Waals surface area (Å²) >= 11 is 1.47. The molecule has 1 atom stereocenters. The van der Waals surface area contributed by atoms with Crippen LogP contribution in [-0.4, -0.2) is 18.4 Å². The zero-order valence-corrected chi connectivity index (χ0v) is 13.5. The van der Waals surface area contributed by atoms with Crippen LogP contribution in [-0.2, 0) is 10.0 Å². The number of nitrogens with one attached hydrogen (secondary N) is 2. The molecule has 1 unspecified atom stereocenters. The third-order valence-electron chi connectivity index (χ3n) is 2.89. The number of aromatic nitrogens is 2. The summed E-state index contributed by atoms with van der Waals surface area (Å²) in [5.74, 6) is 5.34. The van der Waals surface area contributed by atoms with Crippen molar-refractivity contribution in [3.63, 3.8) is 0 Å². The fraction of sp³-hybridized carbons (Fsp3) is 0.333. The van der Waals surface area contributed by atoms with Gasteiger partial charge >= 0.3 is 0 Å². The Morgan fingerprint density at radius 1 is 1.38 bits per heavy atom. The Morgan fingerprint density at radius 2 is 2.10 bits per heavy atom. The molecule has 21 heavy (non-hydrogen) atoms. The number of hydrazine groups is 1. The summed E-state index contributed by atoms with van der Waals surface area (Å²) in [7, 11) is -3.73. The molecule has 9 heteroatoms. The lowest BCUT2D eigenvalue weighted by Gasteiger charge is -2.15. The number of thiazole rings is 1. The third kappa shape index (κ3) is 3.38. The van der Waals surface area contributed by atoms with Gasteiger partial charge in [-0.15, -0.1) is 11.3 Å². The molecule has 0 aliphatic heterocycles. The van der Waals surface area contributed by atoms with E-state index in [-0.39, 0.29) is 10.9 Å². The fourth-order valence-electron chi connectivity index (χ4n) is 2.01. The van der Waals surface area contributed by atoms with E-state index in [1.165, 1.54) is 29.8 Å². The minimum absolute atomic E-state index is 0.0123. The third-order valence-corrected chi connectivity index (χ3v) is 5.72. The Balaban J connectivity index is 2.31. The van der Waals surface area contributed by atoms with Crippen LogP contribution in [0.15, 0.2) is 23.4 Å². The van der Waals surface area contributed by atoms with Gasteiger partial charge in [-0.2, -0.15) is 0 Å². The Labute approximate surface area is 127 Å². The maximum Gasteiger partial charge on any atom is 0.244 e. The second kappa shape index (κ2) is 6.06. The molecular formula is C12H17N5O2S2. The maximum absolute atomic E-state index is 12.5. The van der Waals surface area contributed by atoms with Gasteiger partial charge in [-0.25, -0.2) is 18.1 Å². The van der Waals surface area contributed by atoms with Crippen LogP contribution >= 0.6 is 11.3 Å². The van der Waals surface area contributed by atoms with Crippen molar-refractivity contribution in [3.05, 3.63) is 34.0 Å². The SMILES string of the molecule is Cc1nc(C)c(C(C)NS(=O)(=O)c2cnccc2NN)s1. The molecule has 2 aromatic heterocycles. The van der Waals surface area contributed by atoms with E-state index in [2.05, 4.69) is 20.1 Å². The lowest BCUT2D eigenvalue weighted by atomic mass is 10.2. The van der Waals surface area contributed by atoms with Crippen molar-refractivity contribution in [3.8, 4) is 0 Å². The number of nitrogens with two attached hydrogens (primary N) is 1. The van der Waals surface area contributed by atoms with Crippen LogP contribution in [0.3, 0.4) is 0 Å². The molecule has 2 aromatic rings. The highest BCUT2D eigenvalue weighted by atomic mass is 32.2. The van der Waals surface area contributed by atoms with E-state index in [0.29, 0.717) is 5.69 Å². The first-order valence-electron chi connectivity index (χ1n) is 6.22. The van der Waals surface area contributed by atoms with E-state index in [9.17, 15) is 8.42 Å². The second-order valence-electron chi connectivity index (χ2n) is 4.54. The second-order valence-corrected chi connectivity index (χ2v) is 7.46. The number of rotatable bonds is 5. The Kier molecular flexibility index (Phi) is 4.57. The van der Waals surface area contributed by atoms with Gasteiger partial charge in [-0.3, -0.25) is 10.8 Å². The lowest BCUT2D eigenvalue weighted by molar-refractivity contribution is 0.568. The van der Waals surface area contributed by atoms with Gasteiger partial charge < -0.3 is 5.43 Å². The number of pyridine rings is 1. The average Bonchev–Trinajstić information content (AvgIpc) is 2.77. The Bertz CT molecular complexity index is 742. The topological polar surface area (TPSA) is 110 Å². The number of sulfonamides is 1. The molecule has 0 radical (unpaired) electrons. The van der Waals surface area contributed by atoms with Gasteiger partial charge in [-0.05, 0) is 26.8 Å². The van der Waals surface area contributed by atoms with Crippen LogP contribution in [0.4, 0.5) is 5.69 Å². The predicted octanol–water partition coefficient (Wildman–Crippen LogP) is 1.48. The summed E-state index contributed by atoms with van der Waals surface area (Å²) in [5.41, 5.74) is 3.48. The van der Waals surface area contributed by atoms with Crippen molar-refractivity contribution in [2.75, 3.05) is 5.43 Å². The van der Waals surface area contributed by atoms with Crippen LogP contribution in [0.5, 0.6) is 0 Å². The van der Waals surface area contributed by atoms with Crippen LogP contribution in [0.2, 0.25) is 0 Å². The molecule has 114 valence electrons. The minimum Gasteiger partial charge on any atom is -0.323 e. The maximum atomic E-state index is 12.5. The Morgan fingerprint density at radius 3 is 2.67 bits per heavy atom. The summed E-state index contributed by atoms with van der Waals surface area (Å²) in [6.07, 6.45) is 2.73. The zero-order valence-electron chi connectivity index (χ0n) is 11.9. The number of aryl methyl sites for hydroxylation is 2. The first kappa shape index (κ1) is 15.8. The molecule has 0 bridgehead atoms. The van der Waals surface area contributed by atoms with Gasteiger partial charge in [0.05, 0.1) is 22.4 Å². The monoisotopic (exact) mass is 327 g/mol. The molecule has 0 saturated carbocycles. The molecule has 7 nitrogen and oxygen atoms in total. The fourth-order valence-corrected chi connectivity index (χ4v) is 4.34. The van der Waals surface area contributed by atoms with E-state index in [0.717, 1.165) is 15.6 Å². The number of hydrogen-bond acceptors (Lipinski definition) is 7. The molecule has 2 rings (SSSR count). The van der Waals surface area contributed by atoms with Gasteiger partial charge in [0, 0.05) is 17.3 Å². The van der Waals surface area contributed by atoms with E-state index in [4.69, 9.17) is 5.84 Å². The predicted molar refractivity (Wildman–Crippen MR) is 82.4 cm³/mol. The van der Waals surface area contributed by atoms with E-state index < -0.39 is 10.0 Å². The Hall–Kier alpha value is -1.55. The smallest absolute Gasteiger partial charge is 0.244 e. The zero-order chi connectivity index (χ0) is 15.6. The van der Waals surface area contributed by atoms with Gasteiger partial charge in [0.15, 0.2) is 0 Å². The standard InChI is InChI=1S/C12H17N5O2S2/c1-7-12(20-9(3)15-7)8(2)17-21(18,19)11-6-14-5-4-10(11)16-13/h4-6,8,17H,13H2,1-3H3,(H,14,16). The molecule has 0 aromatic carbocycles. The molecule has 2 heterocycles. The molecule has 0 saturated heterocycles.